The van der Waals surface area contributed by atoms with Crippen LogP contribution in [0.4, 0.5) is 5.69 Å². The Morgan fingerprint density at radius 1 is 1.42 bits per heavy atom. The van der Waals surface area contributed by atoms with Gasteiger partial charge in [0.25, 0.3) is 0 Å². The normalized spacial score (nSPS) is 21.7. The number of sulfonamides is 1. The van der Waals surface area contributed by atoms with E-state index in [1.807, 2.05) is 0 Å². The molecule has 6 nitrogen and oxygen atoms in total. The Balaban J connectivity index is 2.36. The van der Waals surface area contributed by atoms with Gasteiger partial charge in [-0.15, -0.1) is 0 Å². The number of benzene rings is 1. The van der Waals surface area contributed by atoms with Crippen LogP contribution in [0.5, 0.6) is 0 Å². The van der Waals surface area contributed by atoms with E-state index < -0.39 is 21.4 Å². The van der Waals surface area contributed by atoms with Crippen LogP contribution in [0, 0.1) is 0 Å². The van der Waals surface area contributed by atoms with Crippen molar-refractivity contribution in [2.24, 2.45) is 5.14 Å². The van der Waals surface area contributed by atoms with E-state index >= 15 is 0 Å². The number of hydrogen-bond acceptors (Lipinski definition) is 4. The van der Waals surface area contributed by atoms with E-state index in [2.05, 4.69) is 0 Å². The third-order valence-corrected chi connectivity index (χ3v) is 4.48. The van der Waals surface area contributed by atoms with Crippen molar-refractivity contribution in [3.05, 3.63) is 29.8 Å². The van der Waals surface area contributed by atoms with E-state index in [0.29, 0.717) is 11.3 Å². The van der Waals surface area contributed by atoms with Crippen LogP contribution in [0.2, 0.25) is 0 Å². The number of carbonyl (C=O) groups is 1. The van der Waals surface area contributed by atoms with Crippen molar-refractivity contribution in [3.63, 3.8) is 0 Å². The second-order valence-corrected chi connectivity index (χ2v) is 6.50. The number of nitrogens with two attached hydrogens (primary N) is 1. The molecule has 1 amide bonds. The first kappa shape index (κ1) is 14.0. The highest BCUT2D eigenvalue weighted by atomic mass is 32.2. The van der Waals surface area contributed by atoms with Gasteiger partial charge in [-0.05, 0) is 13.0 Å². The molecule has 7 heteroatoms. The number of carbonyl (C=O) groups excluding carboxylic acids is 1. The highest BCUT2D eigenvalue weighted by molar-refractivity contribution is 7.89. The lowest BCUT2D eigenvalue weighted by Gasteiger charge is -2.21. The summed E-state index contributed by atoms with van der Waals surface area (Å²) in [6.45, 7) is 1.62. The van der Waals surface area contributed by atoms with Crippen LogP contribution in [0.3, 0.4) is 0 Å². The van der Waals surface area contributed by atoms with E-state index in [9.17, 15) is 18.3 Å². The quantitative estimate of drug-likeness (QED) is 0.824. The fourth-order valence-electron chi connectivity index (χ4n) is 2.21. The molecule has 19 heavy (non-hydrogen) atoms. The SMILES string of the molecule is CC(O)c1ccccc1N1CC(S(N)(=O)=O)CC1=O. The highest BCUT2D eigenvalue weighted by Crippen LogP contribution is 2.30. The molecule has 0 spiro atoms. The van der Waals surface area contributed by atoms with Gasteiger partial charge in [0.1, 0.15) is 5.25 Å². The lowest BCUT2D eigenvalue weighted by Crippen LogP contribution is -2.32. The number of rotatable bonds is 3. The van der Waals surface area contributed by atoms with Crippen molar-refractivity contribution in [2.45, 2.75) is 24.7 Å². The second kappa shape index (κ2) is 4.92. The minimum Gasteiger partial charge on any atom is -0.389 e. The van der Waals surface area contributed by atoms with Crippen molar-refractivity contribution in [2.75, 3.05) is 11.4 Å². The molecule has 3 N–H and O–H groups in total. The maximum atomic E-state index is 11.9. The number of nitrogens with zero attached hydrogens (tertiary/aromatic N) is 1. The molecule has 2 unspecified atom stereocenters. The molecule has 2 rings (SSSR count). The zero-order valence-electron chi connectivity index (χ0n) is 10.5. The van der Waals surface area contributed by atoms with E-state index in [-0.39, 0.29) is 18.9 Å². The van der Waals surface area contributed by atoms with E-state index in [4.69, 9.17) is 5.14 Å². The average molecular weight is 284 g/mol. The fourth-order valence-corrected chi connectivity index (χ4v) is 2.95. The van der Waals surface area contributed by atoms with Crippen LogP contribution >= 0.6 is 0 Å². The number of amides is 1. The van der Waals surface area contributed by atoms with Crippen molar-refractivity contribution in [3.8, 4) is 0 Å². The monoisotopic (exact) mass is 284 g/mol. The Morgan fingerprint density at radius 2 is 2.05 bits per heavy atom. The molecule has 1 fully saturated rings. The summed E-state index contributed by atoms with van der Waals surface area (Å²) in [5.41, 5.74) is 1.12. The molecule has 0 bridgehead atoms. The van der Waals surface area contributed by atoms with Crippen molar-refractivity contribution >= 4 is 21.6 Å². The van der Waals surface area contributed by atoms with E-state index in [1.165, 1.54) is 4.90 Å². The molecule has 1 aliphatic rings. The van der Waals surface area contributed by atoms with E-state index in [0.717, 1.165) is 0 Å². The Kier molecular flexibility index (Phi) is 3.62. The molecule has 1 aromatic rings. The van der Waals surface area contributed by atoms with Crippen molar-refractivity contribution < 1.29 is 18.3 Å². The minimum atomic E-state index is -3.73. The number of primary sulfonamides is 1. The third-order valence-electron chi connectivity index (χ3n) is 3.23. The summed E-state index contributed by atoms with van der Waals surface area (Å²) in [6, 6.07) is 6.88. The van der Waals surface area contributed by atoms with Crippen LogP contribution in [0.1, 0.15) is 25.0 Å². The Bertz CT molecular complexity index is 598. The lowest BCUT2D eigenvalue weighted by atomic mass is 10.1. The van der Waals surface area contributed by atoms with Crippen molar-refractivity contribution in [1.29, 1.82) is 0 Å². The number of aliphatic hydroxyl groups is 1. The zero-order chi connectivity index (χ0) is 14.2. The van der Waals surface area contributed by atoms with Gasteiger partial charge in [-0.3, -0.25) is 4.79 Å². The molecule has 0 aromatic heterocycles. The standard InChI is InChI=1S/C12H16N2O4S/c1-8(15)10-4-2-3-5-11(10)14-7-9(6-12(14)16)19(13,17)18/h2-5,8-9,15H,6-7H2,1H3,(H2,13,17,18). The summed E-state index contributed by atoms with van der Waals surface area (Å²) in [7, 11) is -3.73. The van der Waals surface area contributed by atoms with Gasteiger partial charge in [-0.1, -0.05) is 18.2 Å². The maximum Gasteiger partial charge on any atom is 0.228 e. The van der Waals surface area contributed by atoms with Gasteiger partial charge in [-0.2, -0.15) is 0 Å². The summed E-state index contributed by atoms with van der Waals surface area (Å²) in [5, 5.41) is 13.9. The summed E-state index contributed by atoms with van der Waals surface area (Å²) in [5.74, 6) is -0.299. The topological polar surface area (TPSA) is 101 Å². The Hall–Kier alpha value is -1.44. The molecule has 1 saturated heterocycles. The van der Waals surface area contributed by atoms with Crippen LogP contribution in [0.15, 0.2) is 24.3 Å². The summed E-state index contributed by atoms with van der Waals surface area (Å²) < 4.78 is 22.6. The van der Waals surface area contributed by atoms with Gasteiger partial charge in [0.05, 0.1) is 6.10 Å². The molecular weight excluding hydrogens is 268 g/mol. The molecule has 1 aromatic carbocycles. The largest absolute Gasteiger partial charge is 0.389 e. The van der Waals surface area contributed by atoms with Crippen molar-refractivity contribution in [1.82, 2.24) is 0 Å². The Labute approximate surface area is 111 Å². The van der Waals surface area contributed by atoms with E-state index in [1.54, 1.807) is 31.2 Å². The second-order valence-electron chi connectivity index (χ2n) is 4.65. The first-order valence-electron chi connectivity index (χ1n) is 5.89. The average Bonchev–Trinajstić information content (AvgIpc) is 2.71. The molecule has 0 saturated carbocycles. The summed E-state index contributed by atoms with van der Waals surface area (Å²) >= 11 is 0. The minimum absolute atomic E-state index is 0.0292. The number of hydrogen-bond donors (Lipinski definition) is 2. The summed E-state index contributed by atoms with van der Waals surface area (Å²) in [6.07, 6.45) is -0.856. The maximum absolute atomic E-state index is 11.9. The van der Waals surface area contributed by atoms with Gasteiger partial charge in [-0.25, -0.2) is 13.6 Å². The molecule has 1 aliphatic heterocycles. The van der Waals surface area contributed by atoms with Crippen LogP contribution in [-0.2, 0) is 14.8 Å². The van der Waals surface area contributed by atoms with Gasteiger partial charge >= 0.3 is 0 Å². The number of para-hydroxylation sites is 1. The van der Waals surface area contributed by atoms with Crippen LogP contribution in [0.25, 0.3) is 0 Å². The number of aliphatic hydroxyl groups excluding tert-OH is 1. The molecule has 104 valence electrons. The molecule has 0 aliphatic carbocycles. The zero-order valence-corrected chi connectivity index (χ0v) is 11.3. The van der Waals surface area contributed by atoms with Gasteiger partial charge < -0.3 is 10.0 Å². The third kappa shape index (κ3) is 2.78. The van der Waals surface area contributed by atoms with Gasteiger partial charge in [0.2, 0.25) is 15.9 Å². The fraction of sp³-hybridized carbons (Fsp3) is 0.417. The first-order valence-corrected chi connectivity index (χ1v) is 7.50. The predicted octanol–water partition coefficient (Wildman–Crippen LogP) is 0.134. The Morgan fingerprint density at radius 3 is 2.58 bits per heavy atom. The van der Waals surface area contributed by atoms with Crippen LogP contribution in [-0.4, -0.2) is 31.2 Å². The molecule has 0 radical (unpaired) electrons. The highest BCUT2D eigenvalue weighted by Gasteiger charge is 2.38. The number of anilines is 1. The first-order chi connectivity index (χ1) is 8.80. The summed E-state index contributed by atoms with van der Waals surface area (Å²) in [4.78, 5) is 13.3. The lowest BCUT2D eigenvalue weighted by molar-refractivity contribution is -0.117. The predicted molar refractivity (Wildman–Crippen MR) is 70.9 cm³/mol. The molecule has 2 atom stereocenters. The van der Waals surface area contributed by atoms with Gasteiger partial charge in [0.15, 0.2) is 0 Å². The molecule has 1 heterocycles. The van der Waals surface area contributed by atoms with Crippen LogP contribution < -0.4 is 10.0 Å². The molecular formula is C12H16N2O4S. The van der Waals surface area contributed by atoms with Gasteiger partial charge in [0, 0.05) is 24.2 Å². The smallest absolute Gasteiger partial charge is 0.228 e.